The Kier molecular flexibility index (Phi) is 5.09. The molecule has 0 aliphatic heterocycles. The first-order chi connectivity index (χ1) is 8.17. The quantitative estimate of drug-likeness (QED) is 0.592. The zero-order valence-electron chi connectivity index (χ0n) is 10.4. The van der Waals surface area contributed by atoms with Crippen LogP contribution in [0.15, 0.2) is 18.2 Å². The predicted molar refractivity (Wildman–Crippen MR) is 65.9 cm³/mol. The van der Waals surface area contributed by atoms with E-state index >= 15 is 0 Å². The van der Waals surface area contributed by atoms with Crippen molar-refractivity contribution in [3.8, 4) is 17.6 Å². The molecule has 0 fully saturated rings. The summed E-state index contributed by atoms with van der Waals surface area (Å²) in [6, 6.07) is 5.67. The Labute approximate surface area is 102 Å². The van der Waals surface area contributed by atoms with E-state index < -0.39 is 0 Å². The molecule has 90 valence electrons. The molecular formula is C14H16O3. The molecule has 0 aliphatic rings. The van der Waals surface area contributed by atoms with E-state index in [1.165, 1.54) is 0 Å². The van der Waals surface area contributed by atoms with Crippen molar-refractivity contribution in [3.63, 3.8) is 0 Å². The molecular weight excluding hydrogens is 216 g/mol. The summed E-state index contributed by atoms with van der Waals surface area (Å²) in [4.78, 5) is 11.1. The van der Waals surface area contributed by atoms with Crippen molar-refractivity contribution in [2.24, 2.45) is 0 Å². The summed E-state index contributed by atoms with van der Waals surface area (Å²) in [5, 5.41) is 0. The van der Waals surface area contributed by atoms with Gasteiger partial charge in [0.05, 0.1) is 13.7 Å². The third-order valence-electron chi connectivity index (χ3n) is 2.21. The van der Waals surface area contributed by atoms with Crippen LogP contribution in [0.2, 0.25) is 0 Å². The molecule has 0 aliphatic carbocycles. The Hall–Kier alpha value is -1.95. The van der Waals surface area contributed by atoms with Gasteiger partial charge in [-0.25, -0.2) is 0 Å². The fraction of sp³-hybridized carbons (Fsp3) is 0.357. The molecule has 0 saturated carbocycles. The van der Waals surface area contributed by atoms with Gasteiger partial charge in [-0.3, -0.25) is 4.79 Å². The monoisotopic (exact) mass is 232 g/mol. The first-order valence-electron chi connectivity index (χ1n) is 5.46. The van der Waals surface area contributed by atoms with E-state index in [-0.39, 0.29) is 12.4 Å². The first-order valence-corrected chi connectivity index (χ1v) is 5.46. The van der Waals surface area contributed by atoms with E-state index in [2.05, 4.69) is 11.8 Å². The molecule has 0 bridgehead atoms. The van der Waals surface area contributed by atoms with E-state index in [4.69, 9.17) is 9.47 Å². The van der Waals surface area contributed by atoms with Gasteiger partial charge in [0.25, 0.3) is 0 Å². The van der Waals surface area contributed by atoms with Crippen molar-refractivity contribution in [2.45, 2.75) is 20.3 Å². The second kappa shape index (κ2) is 6.59. The number of carbonyl (C=O) groups is 1. The van der Waals surface area contributed by atoms with Gasteiger partial charge in [-0.1, -0.05) is 17.9 Å². The maximum absolute atomic E-state index is 11.1. The highest BCUT2D eigenvalue weighted by atomic mass is 16.5. The lowest BCUT2D eigenvalue weighted by Crippen LogP contribution is -2.01. The minimum atomic E-state index is -0.291. The van der Waals surface area contributed by atoms with Crippen LogP contribution in [0.4, 0.5) is 0 Å². The van der Waals surface area contributed by atoms with Gasteiger partial charge in [0, 0.05) is 5.56 Å². The number of carbonyl (C=O) groups excluding carboxylic acids is 1. The molecule has 3 nitrogen and oxygen atoms in total. The Morgan fingerprint density at radius 3 is 2.82 bits per heavy atom. The number of aryl methyl sites for hydroxylation is 1. The minimum Gasteiger partial charge on any atom is -0.497 e. The molecule has 0 spiro atoms. The molecule has 0 atom stereocenters. The lowest BCUT2D eigenvalue weighted by Gasteiger charge is -2.02. The van der Waals surface area contributed by atoms with Crippen LogP contribution in [-0.4, -0.2) is 19.7 Å². The summed E-state index contributed by atoms with van der Waals surface area (Å²) in [7, 11) is 1.61. The first kappa shape index (κ1) is 13.1. The fourth-order valence-electron chi connectivity index (χ4n) is 1.29. The van der Waals surface area contributed by atoms with E-state index in [0.29, 0.717) is 6.61 Å². The molecule has 0 N–H and O–H groups in total. The number of benzene rings is 1. The van der Waals surface area contributed by atoms with Gasteiger partial charge in [-0.05, 0) is 31.5 Å². The number of esters is 1. The third kappa shape index (κ3) is 4.20. The minimum absolute atomic E-state index is 0.116. The van der Waals surface area contributed by atoms with Gasteiger partial charge < -0.3 is 9.47 Å². The highest BCUT2D eigenvalue weighted by Gasteiger charge is 1.99. The third-order valence-corrected chi connectivity index (χ3v) is 2.21. The standard InChI is InChI=1S/C14H16O3/c1-4-17-14(15)7-5-6-12-10-13(16-3)9-8-11(12)2/h8-10H,4,7H2,1-3H3. The number of ether oxygens (including phenoxy) is 2. The number of hydrogen-bond donors (Lipinski definition) is 0. The molecule has 0 amide bonds. The molecule has 0 heterocycles. The number of methoxy groups -OCH3 is 1. The maximum Gasteiger partial charge on any atom is 0.317 e. The molecule has 3 heteroatoms. The highest BCUT2D eigenvalue weighted by molar-refractivity contribution is 5.72. The summed E-state index contributed by atoms with van der Waals surface area (Å²) >= 11 is 0. The maximum atomic E-state index is 11.1. The van der Waals surface area contributed by atoms with Gasteiger partial charge in [0.1, 0.15) is 12.2 Å². The Morgan fingerprint density at radius 2 is 2.18 bits per heavy atom. The fourth-order valence-corrected chi connectivity index (χ4v) is 1.29. The van der Waals surface area contributed by atoms with Crippen LogP contribution in [0.25, 0.3) is 0 Å². The van der Waals surface area contributed by atoms with Crippen molar-refractivity contribution in [1.82, 2.24) is 0 Å². The summed E-state index contributed by atoms with van der Waals surface area (Å²) < 4.78 is 9.91. The van der Waals surface area contributed by atoms with Crippen LogP contribution in [-0.2, 0) is 9.53 Å². The van der Waals surface area contributed by atoms with Gasteiger partial charge in [-0.15, -0.1) is 0 Å². The van der Waals surface area contributed by atoms with Crippen LogP contribution in [0.3, 0.4) is 0 Å². The van der Waals surface area contributed by atoms with Crippen LogP contribution < -0.4 is 4.74 Å². The topological polar surface area (TPSA) is 35.5 Å². The molecule has 0 saturated heterocycles. The summed E-state index contributed by atoms with van der Waals surface area (Å²) in [5.41, 5.74) is 1.93. The van der Waals surface area contributed by atoms with E-state index in [0.717, 1.165) is 16.9 Å². The summed E-state index contributed by atoms with van der Waals surface area (Å²) in [5.74, 6) is 6.21. The zero-order chi connectivity index (χ0) is 12.7. The van der Waals surface area contributed by atoms with Crippen LogP contribution in [0, 0.1) is 18.8 Å². The molecule has 1 aromatic carbocycles. The highest BCUT2D eigenvalue weighted by Crippen LogP contribution is 2.15. The van der Waals surface area contributed by atoms with Crippen molar-refractivity contribution >= 4 is 5.97 Å². The second-order valence-electron chi connectivity index (χ2n) is 3.46. The average molecular weight is 232 g/mol. The molecule has 0 radical (unpaired) electrons. The Bertz CT molecular complexity index is 452. The van der Waals surface area contributed by atoms with E-state index in [1.54, 1.807) is 14.0 Å². The second-order valence-corrected chi connectivity index (χ2v) is 3.46. The average Bonchev–Trinajstić information content (AvgIpc) is 2.32. The summed E-state index contributed by atoms with van der Waals surface area (Å²) in [6.07, 6.45) is 0.116. The number of hydrogen-bond acceptors (Lipinski definition) is 3. The molecule has 1 aromatic rings. The molecule has 17 heavy (non-hydrogen) atoms. The Balaban J connectivity index is 2.74. The zero-order valence-corrected chi connectivity index (χ0v) is 10.4. The lowest BCUT2D eigenvalue weighted by molar-refractivity contribution is -0.141. The molecule has 0 unspecified atom stereocenters. The van der Waals surface area contributed by atoms with E-state index in [1.807, 2.05) is 25.1 Å². The van der Waals surface area contributed by atoms with Crippen molar-refractivity contribution in [1.29, 1.82) is 0 Å². The van der Waals surface area contributed by atoms with Crippen molar-refractivity contribution in [2.75, 3.05) is 13.7 Å². The summed E-state index contributed by atoms with van der Waals surface area (Å²) in [6.45, 7) is 4.13. The molecule has 0 aromatic heterocycles. The van der Waals surface area contributed by atoms with Crippen LogP contribution in [0.1, 0.15) is 24.5 Å². The molecule has 1 rings (SSSR count). The van der Waals surface area contributed by atoms with Crippen molar-refractivity contribution < 1.29 is 14.3 Å². The van der Waals surface area contributed by atoms with Crippen LogP contribution in [0.5, 0.6) is 5.75 Å². The normalized spacial score (nSPS) is 9.12. The van der Waals surface area contributed by atoms with E-state index in [9.17, 15) is 4.79 Å². The van der Waals surface area contributed by atoms with Gasteiger partial charge >= 0.3 is 5.97 Å². The Morgan fingerprint density at radius 1 is 1.41 bits per heavy atom. The SMILES string of the molecule is CCOC(=O)CC#Cc1cc(OC)ccc1C. The lowest BCUT2D eigenvalue weighted by atomic mass is 10.1. The van der Waals surface area contributed by atoms with Gasteiger partial charge in [-0.2, -0.15) is 0 Å². The van der Waals surface area contributed by atoms with Crippen molar-refractivity contribution in [3.05, 3.63) is 29.3 Å². The van der Waals surface area contributed by atoms with Gasteiger partial charge in [0.2, 0.25) is 0 Å². The van der Waals surface area contributed by atoms with Gasteiger partial charge in [0.15, 0.2) is 0 Å². The number of rotatable bonds is 3. The van der Waals surface area contributed by atoms with Crippen LogP contribution >= 0.6 is 0 Å². The largest absolute Gasteiger partial charge is 0.497 e. The predicted octanol–water partition coefficient (Wildman–Crippen LogP) is 2.31. The smallest absolute Gasteiger partial charge is 0.317 e.